The zero-order valence-electron chi connectivity index (χ0n) is 10.6. The van der Waals surface area contributed by atoms with E-state index in [9.17, 15) is 4.79 Å². The molecule has 1 aromatic carbocycles. The van der Waals surface area contributed by atoms with E-state index in [1.165, 1.54) is 0 Å². The predicted octanol–water partition coefficient (Wildman–Crippen LogP) is 1.59. The molecule has 0 unspecified atom stereocenters. The Morgan fingerprint density at radius 3 is 2.79 bits per heavy atom. The van der Waals surface area contributed by atoms with Crippen molar-refractivity contribution in [2.24, 2.45) is 0 Å². The van der Waals surface area contributed by atoms with Gasteiger partial charge in [-0.15, -0.1) is 0 Å². The van der Waals surface area contributed by atoms with Crippen molar-refractivity contribution < 1.29 is 0 Å². The van der Waals surface area contributed by atoms with Crippen molar-refractivity contribution in [2.45, 2.75) is 6.54 Å². The first-order valence-corrected chi connectivity index (χ1v) is 6.85. The van der Waals surface area contributed by atoms with Crippen LogP contribution in [-0.2, 0) is 6.54 Å². The Kier molecular flexibility index (Phi) is 3.55. The Morgan fingerprint density at radius 1 is 1.21 bits per heavy atom. The number of nitrogens with one attached hydrogen (secondary N) is 2. The number of halogens is 1. The Bertz CT molecular complexity index is 647. The van der Waals surface area contributed by atoms with Gasteiger partial charge in [0, 0.05) is 48.8 Å². The third kappa shape index (κ3) is 2.81. The molecule has 4 nitrogen and oxygen atoms in total. The second-order valence-electron chi connectivity index (χ2n) is 4.88. The highest BCUT2D eigenvalue weighted by Crippen LogP contribution is 2.17. The average molecular weight is 278 g/mol. The van der Waals surface area contributed by atoms with Crippen molar-refractivity contribution in [2.75, 3.05) is 26.2 Å². The monoisotopic (exact) mass is 277 g/mol. The standard InChI is InChI=1S/C14H16ClN3O/c15-12-2-1-10-7-11(14(19)17-13(10)8-12)9-18-5-3-16-4-6-18/h1-2,7-8,16H,3-6,9H2,(H,17,19). The van der Waals surface area contributed by atoms with Crippen LogP contribution in [0.15, 0.2) is 29.1 Å². The molecule has 3 rings (SSSR count). The van der Waals surface area contributed by atoms with Gasteiger partial charge < -0.3 is 10.3 Å². The van der Waals surface area contributed by atoms with Gasteiger partial charge in [0.2, 0.25) is 0 Å². The number of rotatable bonds is 2. The summed E-state index contributed by atoms with van der Waals surface area (Å²) in [6, 6.07) is 7.53. The molecule has 1 fully saturated rings. The molecule has 2 heterocycles. The van der Waals surface area contributed by atoms with E-state index in [1.54, 1.807) is 6.07 Å². The fourth-order valence-electron chi connectivity index (χ4n) is 2.45. The number of piperazine rings is 1. The summed E-state index contributed by atoms with van der Waals surface area (Å²) in [5.41, 5.74) is 1.59. The third-order valence-corrected chi connectivity index (χ3v) is 3.72. The summed E-state index contributed by atoms with van der Waals surface area (Å²) in [6.45, 7) is 4.65. The summed E-state index contributed by atoms with van der Waals surface area (Å²) in [7, 11) is 0. The van der Waals surface area contributed by atoms with E-state index in [0.29, 0.717) is 11.6 Å². The van der Waals surface area contributed by atoms with E-state index in [-0.39, 0.29) is 5.56 Å². The molecular weight excluding hydrogens is 262 g/mol. The van der Waals surface area contributed by atoms with Crippen molar-refractivity contribution in [3.8, 4) is 0 Å². The summed E-state index contributed by atoms with van der Waals surface area (Å²) in [4.78, 5) is 17.3. The van der Waals surface area contributed by atoms with E-state index in [4.69, 9.17) is 11.6 Å². The van der Waals surface area contributed by atoms with Gasteiger partial charge in [0.05, 0.1) is 0 Å². The first kappa shape index (κ1) is 12.7. The fraction of sp³-hybridized carbons (Fsp3) is 0.357. The smallest absolute Gasteiger partial charge is 0.252 e. The largest absolute Gasteiger partial charge is 0.322 e. The lowest BCUT2D eigenvalue weighted by atomic mass is 10.1. The van der Waals surface area contributed by atoms with Gasteiger partial charge >= 0.3 is 0 Å². The molecular formula is C14H16ClN3O. The Balaban J connectivity index is 1.92. The summed E-state index contributed by atoms with van der Waals surface area (Å²) >= 11 is 5.93. The zero-order valence-corrected chi connectivity index (χ0v) is 11.3. The van der Waals surface area contributed by atoms with Gasteiger partial charge in [0.1, 0.15) is 0 Å². The van der Waals surface area contributed by atoms with Crippen LogP contribution in [0.5, 0.6) is 0 Å². The van der Waals surface area contributed by atoms with Crippen LogP contribution in [0, 0.1) is 0 Å². The number of hydrogen-bond acceptors (Lipinski definition) is 3. The van der Waals surface area contributed by atoms with Crippen molar-refractivity contribution in [3.05, 3.63) is 45.2 Å². The first-order chi connectivity index (χ1) is 9.22. The van der Waals surface area contributed by atoms with Crippen LogP contribution in [0.3, 0.4) is 0 Å². The van der Waals surface area contributed by atoms with Gasteiger partial charge in [-0.05, 0) is 23.6 Å². The number of H-pyrrole nitrogens is 1. The lowest BCUT2D eigenvalue weighted by molar-refractivity contribution is 0.232. The molecule has 1 saturated heterocycles. The van der Waals surface area contributed by atoms with Crippen molar-refractivity contribution in [1.29, 1.82) is 0 Å². The minimum atomic E-state index is -0.0201. The van der Waals surface area contributed by atoms with E-state index >= 15 is 0 Å². The summed E-state index contributed by atoms with van der Waals surface area (Å²) in [6.07, 6.45) is 0. The quantitative estimate of drug-likeness (QED) is 0.876. The number of benzene rings is 1. The highest BCUT2D eigenvalue weighted by molar-refractivity contribution is 6.31. The highest BCUT2D eigenvalue weighted by atomic mass is 35.5. The number of pyridine rings is 1. The SMILES string of the molecule is O=c1[nH]c2cc(Cl)ccc2cc1CN1CCNCC1. The van der Waals surface area contributed by atoms with Gasteiger partial charge in [0.15, 0.2) is 0 Å². The van der Waals surface area contributed by atoms with Crippen LogP contribution in [0.1, 0.15) is 5.56 Å². The number of fused-ring (bicyclic) bond motifs is 1. The second-order valence-corrected chi connectivity index (χ2v) is 5.32. The van der Waals surface area contributed by atoms with Crippen LogP contribution in [0.4, 0.5) is 0 Å². The molecule has 0 spiro atoms. The maximum Gasteiger partial charge on any atom is 0.252 e. The molecule has 2 aromatic rings. The lowest BCUT2D eigenvalue weighted by Crippen LogP contribution is -2.43. The zero-order chi connectivity index (χ0) is 13.2. The van der Waals surface area contributed by atoms with Gasteiger partial charge in [-0.1, -0.05) is 17.7 Å². The maximum absolute atomic E-state index is 12.1. The molecule has 100 valence electrons. The number of aromatic nitrogens is 1. The van der Waals surface area contributed by atoms with Crippen LogP contribution in [0.2, 0.25) is 5.02 Å². The molecule has 0 atom stereocenters. The maximum atomic E-state index is 12.1. The minimum absolute atomic E-state index is 0.0201. The topological polar surface area (TPSA) is 48.1 Å². The first-order valence-electron chi connectivity index (χ1n) is 6.47. The van der Waals surface area contributed by atoms with Crippen molar-refractivity contribution in [3.63, 3.8) is 0 Å². The van der Waals surface area contributed by atoms with Crippen LogP contribution >= 0.6 is 11.6 Å². The van der Waals surface area contributed by atoms with E-state index in [2.05, 4.69) is 15.2 Å². The number of aromatic amines is 1. The molecule has 1 aliphatic rings. The predicted molar refractivity (Wildman–Crippen MR) is 77.7 cm³/mol. The normalized spacial score (nSPS) is 16.9. The summed E-state index contributed by atoms with van der Waals surface area (Å²) in [5.74, 6) is 0. The Morgan fingerprint density at radius 2 is 2.00 bits per heavy atom. The molecule has 0 aliphatic carbocycles. The summed E-state index contributed by atoms with van der Waals surface area (Å²) < 4.78 is 0. The molecule has 0 bridgehead atoms. The molecule has 1 aliphatic heterocycles. The highest BCUT2D eigenvalue weighted by Gasteiger charge is 2.12. The summed E-state index contributed by atoms with van der Waals surface area (Å²) in [5, 5.41) is 4.97. The molecule has 1 aromatic heterocycles. The fourth-order valence-corrected chi connectivity index (χ4v) is 2.62. The lowest BCUT2D eigenvalue weighted by Gasteiger charge is -2.26. The molecule has 5 heteroatoms. The van der Waals surface area contributed by atoms with E-state index in [1.807, 2.05) is 18.2 Å². The third-order valence-electron chi connectivity index (χ3n) is 3.49. The van der Waals surface area contributed by atoms with E-state index in [0.717, 1.165) is 42.6 Å². The van der Waals surface area contributed by atoms with E-state index < -0.39 is 0 Å². The average Bonchev–Trinajstić information content (AvgIpc) is 2.41. The molecule has 0 saturated carbocycles. The van der Waals surface area contributed by atoms with Crippen molar-refractivity contribution in [1.82, 2.24) is 15.2 Å². The van der Waals surface area contributed by atoms with Crippen LogP contribution in [0.25, 0.3) is 10.9 Å². The number of hydrogen-bond donors (Lipinski definition) is 2. The van der Waals surface area contributed by atoms with Gasteiger partial charge in [-0.2, -0.15) is 0 Å². The molecule has 0 radical (unpaired) electrons. The van der Waals surface area contributed by atoms with Gasteiger partial charge in [0.25, 0.3) is 5.56 Å². The van der Waals surface area contributed by atoms with Gasteiger partial charge in [-0.3, -0.25) is 9.69 Å². The van der Waals surface area contributed by atoms with Gasteiger partial charge in [-0.25, -0.2) is 0 Å². The second kappa shape index (κ2) is 5.33. The van der Waals surface area contributed by atoms with Crippen molar-refractivity contribution >= 4 is 22.5 Å². The molecule has 2 N–H and O–H groups in total. The minimum Gasteiger partial charge on any atom is -0.322 e. The molecule has 0 amide bonds. The van der Waals surface area contributed by atoms with Crippen LogP contribution < -0.4 is 10.9 Å². The molecule has 19 heavy (non-hydrogen) atoms. The van der Waals surface area contributed by atoms with Crippen LogP contribution in [-0.4, -0.2) is 36.1 Å². The Labute approximate surface area is 116 Å². The Hall–Kier alpha value is -1.36. The number of nitrogens with zero attached hydrogens (tertiary/aromatic N) is 1.